The van der Waals surface area contributed by atoms with Crippen molar-refractivity contribution in [3.63, 3.8) is 0 Å². The van der Waals surface area contributed by atoms with Crippen LogP contribution in [0.1, 0.15) is 50.3 Å². The van der Waals surface area contributed by atoms with E-state index in [1.807, 2.05) is 19.9 Å². The van der Waals surface area contributed by atoms with E-state index in [-0.39, 0.29) is 78.4 Å². The number of aliphatic hydroxyl groups is 1. The highest BCUT2D eigenvalue weighted by molar-refractivity contribution is 6.06. The summed E-state index contributed by atoms with van der Waals surface area (Å²) in [5, 5.41) is 57.4. The summed E-state index contributed by atoms with van der Waals surface area (Å²) in [6.07, 6.45) is 2.45. The van der Waals surface area contributed by atoms with Crippen LogP contribution in [0, 0.1) is 0 Å². The third kappa shape index (κ3) is 4.46. The molecular formula is C40H38N2O11. The zero-order valence-electron chi connectivity index (χ0n) is 30.3. The normalized spacial score (nSPS) is 17.6. The van der Waals surface area contributed by atoms with Gasteiger partial charge in [-0.1, -0.05) is 0 Å². The topological polar surface area (TPSA) is 182 Å². The molecule has 0 aliphatic carbocycles. The number of benzene rings is 4. The van der Waals surface area contributed by atoms with Crippen LogP contribution in [0.3, 0.4) is 0 Å². The van der Waals surface area contributed by atoms with Gasteiger partial charge in [0, 0.05) is 36.9 Å². The number of phenolic OH excluding ortho intramolecular Hbond substituents is 4. The summed E-state index contributed by atoms with van der Waals surface area (Å²) in [5.41, 5.74) is -1.79. The first-order valence-electron chi connectivity index (χ1n) is 16.9. The summed E-state index contributed by atoms with van der Waals surface area (Å²) in [4.78, 5) is 28.8. The molecule has 13 nitrogen and oxygen atoms in total. The summed E-state index contributed by atoms with van der Waals surface area (Å²) >= 11 is 0. The number of aromatic hydroxyl groups is 4. The molecule has 2 aromatic heterocycles. The van der Waals surface area contributed by atoms with Crippen LogP contribution < -0.4 is 29.8 Å². The maximum absolute atomic E-state index is 14.6. The van der Waals surface area contributed by atoms with E-state index in [9.17, 15) is 35.1 Å². The molecule has 0 saturated carbocycles. The minimum Gasteiger partial charge on any atom is -0.507 e. The molecule has 2 atom stereocenters. The van der Waals surface area contributed by atoms with Gasteiger partial charge in [0.25, 0.3) is 0 Å². The van der Waals surface area contributed by atoms with Gasteiger partial charge >= 0.3 is 0 Å². The molecular weight excluding hydrogens is 684 g/mol. The second-order valence-electron chi connectivity index (χ2n) is 14.8. The number of hydrogen-bond acceptors (Lipinski definition) is 11. The van der Waals surface area contributed by atoms with Gasteiger partial charge in [-0.2, -0.15) is 0 Å². The molecule has 53 heavy (non-hydrogen) atoms. The van der Waals surface area contributed by atoms with Crippen molar-refractivity contribution in [3.05, 3.63) is 73.5 Å². The Morgan fingerprint density at radius 2 is 1.32 bits per heavy atom. The summed E-state index contributed by atoms with van der Waals surface area (Å²) in [6.45, 7) is 6.72. The Morgan fingerprint density at radius 3 is 1.87 bits per heavy atom. The molecule has 8 rings (SSSR count). The molecule has 0 spiro atoms. The second kappa shape index (κ2) is 11.0. The first-order chi connectivity index (χ1) is 24.9. The first-order valence-corrected chi connectivity index (χ1v) is 16.9. The van der Waals surface area contributed by atoms with E-state index >= 15 is 0 Å². The number of rotatable bonds is 4. The van der Waals surface area contributed by atoms with Crippen LogP contribution in [-0.2, 0) is 14.1 Å². The number of aryl methyl sites for hydroxylation is 2. The highest BCUT2D eigenvalue weighted by atomic mass is 16.5. The van der Waals surface area contributed by atoms with Crippen LogP contribution in [0.2, 0.25) is 0 Å². The van der Waals surface area contributed by atoms with E-state index < -0.39 is 39.8 Å². The second-order valence-corrected chi connectivity index (χ2v) is 14.8. The minimum absolute atomic E-state index is 0.0218. The smallest absolute Gasteiger partial charge is 0.201 e. The van der Waals surface area contributed by atoms with Gasteiger partial charge < -0.3 is 53.6 Å². The molecule has 6 aromatic rings. The average Bonchev–Trinajstić information content (AvgIpc) is 3.47. The van der Waals surface area contributed by atoms with Crippen LogP contribution in [0.4, 0.5) is 0 Å². The molecule has 0 amide bonds. The molecule has 274 valence electrons. The quantitative estimate of drug-likeness (QED) is 0.147. The molecule has 13 heteroatoms. The number of pyridine rings is 2. The molecule has 0 fully saturated rings. The Hall–Kier alpha value is -6.08. The first kappa shape index (κ1) is 34.0. The number of ether oxygens (including phenoxy) is 4. The van der Waals surface area contributed by atoms with Gasteiger partial charge in [0.2, 0.25) is 10.9 Å². The van der Waals surface area contributed by atoms with E-state index in [1.165, 1.54) is 58.4 Å². The summed E-state index contributed by atoms with van der Waals surface area (Å²) in [5.74, 6) is -1.94. The molecule has 0 unspecified atom stereocenters. The lowest BCUT2D eigenvalue weighted by atomic mass is 9.78. The number of methoxy groups -OCH3 is 2. The largest absolute Gasteiger partial charge is 0.507 e. The van der Waals surface area contributed by atoms with Crippen molar-refractivity contribution in [2.75, 3.05) is 14.2 Å². The minimum atomic E-state index is -1.62. The van der Waals surface area contributed by atoms with Gasteiger partial charge in [0.15, 0.2) is 23.0 Å². The van der Waals surface area contributed by atoms with E-state index in [4.69, 9.17) is 18.9 Å². The van der Waals surface area contributed by atoms with Crippen molar-refractivity contribution in [3.8, 4) is 46.0 Å². The predicted octanol–water partition coefficient (Wildman–Crippen LogP) is 5.38. The van der Waals surface area contributed by atoms with Gasteiger partial charge in [-0.3, -0.25) is 9.59 Å². The maximum atomic E-state index is 14.6. The van der Waals surface area contributed by atoms with Gasteiger partial charge in [-0.25, -0.2) is 0 Å². The van der Waals surface area contributed by atoms with Crippen LogP contribution in [-0.4, -0.2) is 66.2 Å². The molecule has 2 aliphatic heterocycles. The highest BCUT2D eigenvalue weighted by Crippen LogP contribution is 2.58. The number of phenols is 4. The molecule has 5 N–H and O–H groups in total. The number of nitrogens with zero attached hydrogens (tertiary/aromatic N) is 2. The molecule has 0 radical (unpaired) electrons. The van der Waals surface area contributed by atoms with Crippen molar-refractivity contribution in [2.45, 2.75) is 50.9 Å². The summed E-state index contributed by atoms with van der Waals surface area (Å²) in [7, 11) is 6.07. The zero-order valence-corrected chi connectivity index (χ0v) is 30.3. The van der Waals surface area contributed by atoms with Crippen LogP contribution in [0.15, 0.2) is 46.0 Å². The maximum Gasteiger partial charge on any atom is 0.201 e. The van der Waals surface area contributed by atoms with Crippen LogP contribution in [0.5, 0.6) is 46.0 Å². The monoisotopic (exact) mass is 722 g/mol. The number of aromatic nitrogens is 2. The Bertz CT molecular complexity index is 2790. The van der Waals surface area contributed by atoms with Gasteiger partial charge in [-0.05, 0) is 64.1 Å². The van der Waals surface area contributed by atoms with E-state index in [0.29, 0.717) is 22.2 Å². The van der Waals surface area contributed by atoms with Gasteiger partial charge in [0.05, 0.1) is 69.4 Å². The third-order valence-corrected chi connectivity index (χ3v) is 10.6. The van der Waals surface area contributed by atoms with Gasteiger partial charge in [-0.15, -0.1) is 0 Å². The fraction of sp³-hybridized carbons (Fsp3) is 0.300. The molecule has 4 aromatic carbocycles. The van der Waals surface area contributed by atoms with Crippen LogP contribution in [0.25, 0.3) is 49.7 Å². The Labute approximate surface area is 301 Å². The number of fused-ring (bicyclic) bond motifs is 8. The average molecular weight is 723 g/mol. The molecule has 2 aliphatic rings. The molecule has 4 heterocycles. The van der Waals surface area contributed by atoms with E-state index in [1.54, 1.807) is 29.3 Å². The van der Waals surface area contributed by atoms with Crippen molar-refractivity contribution >= 4 is 49.7 Å². The number of hydrogen-bond donors (Lipinski definition) is 5. The molecule has 0 bridgehead atoms. The van der Waals surface area contributed by atoms with Crippen molar-refractivity contribution < 1.29 is 44.5 Å². The summed E-state index contributed by atoms with van der Waals surface area (Å²) < 4.78 is 27.5. The van der Waals surface area contributed by atoms with E-state index in [0.717, 1.165) is 0 Å². The standard InChI is InChI=1S/C40H38N2O11/c1-39(2)14-13-18-28-27(33(47)17-10-12-19(43)36(50-7)29(17)41(28)5)34(48)26(35(18)53-39)25-24-22(52-38(25)40(3,4)49)15-21(45)23-31(24)42(6)30-16(32(23)46)9-11-20(44)37(30)51-8/h9-15,25,38,43-45,48-49H,1-8H3/t25-,38+/m1/s1. The Kier molecular flexibility index (Phi) is 7.04. The lowest BCUT2D eigenvalue weighted by molar-refractivity contribution is -0.0302. The lowest BCUT2D eigenvalue weighted by Crippen LogP contribution is -2.42. The zero-order chi connectivity index (χ0) is 38.2. The van der Waals surface area contributed by atoms with Crippen molar-refractivity contribution in [1.29, 1.82) is 0 Å². The lowest BCUT2D eigenvalue weighted by Gasteiger charge is -2.35. The summed E-state index contributed by atoms with van der Waals surface area (Å²) in [6, 6.07) is 6.88. The van der Waals surface area contributed by atoms with E-state index in [2.05, 4.69) is 0 Å². The fourth-order valence-corrected chi connectivity index (χ4v) is 8.31. The fourth-order valence-electron chi connectivity index (χ4n) is 8.31. The van der Waals surface area contributed by atoms with Crippen molar-refractivity contribution in [2.24, 2.45) is 14.1 Å². The highest BCUT2D eigenvalue weighted by Gasteiger charge is 2.50. The third-order valence-electron chi connectivity index (χ3n) is 10.6. The SMILES string of the molecule is COc1c(O)ccc2c(=O)c3c(O)c([C@H]4c5c(cc(O)c6c(=O)c7ccc(O)c(OC)c7n(C)c56)O[C@@H]4C(C)(C)O)c4c(c3n(C)c12)C=CC(C)(C)O4. The van der Waals surface area contributed by atoms with Crippen molar-refractivity contribution in [1.82, 2.24) is 9.13 Å². The van der Waals surface area contributed by atoms with Crippen LogP contribution >= 0.6 is 0 Å². The molecule has 0 saturated heterocycles. The Morgan fingerprint density at radius 1 is 0.774 bits per heavy atom. The Balaban J connectivity index is 1.61. The van der Waals surface area contributed by atoms with Gasteiger partial charge in [0.1, 0.15) is 34.7 Å². The predicted molar refractivity (Wildman–Crippen MR) is 199 cm³/mol.